The molecule has 0 fully saturated rings. The highest BCUT2D eigenvalue weighted by Crippen LogP contribution is 2.20. The lowest BCUT2D eigenvalue weighted by Gasteiger charge is -2.08. The Morgan fingerprint density at radius 3 is 2.72 bits per heavy atom. The second-order valence-electron chi connectivity index (χ2n) is 7.06. The molecule has 0 saturated heterocycles. The molecule has 4 aromatic rings. The summed E-state index contributed by atoms with van der Waals surface area (Å²) < 4.78 is 7.46. The van der Waals surface area contributed by atoms with Crippen LogP contribution in [0.3, 0.4) is 0 Å². The zero-order chi connectivity index (χ0) is 22.5. The topological polar surface area (TPSA) is 85.3 Å². The van der Waals surface area contributed by atoms with Crippen molar-refractivity contribution in [1.29, 1.82) is 0 Å². The van der Waals surface area contributed by atoms with Gasteiger partial charge in [-0.1, -0.05) is 17.7 Å². The third-order valence-corrected chi connectivity index (χ3v) is 5.94. The molecule has 4 rings (SSSR count). The first kappa shape index (κ1) is 21.9. The second-order valence-corrected chi connectivity index (χ2v) is 8.45. The van der Waals surface area contributed by atoms with E-state index in [0.717, 1.165) is 16.9 Å². The molecule has 32 heavy (non-hydrogen) atoms. The number of nitrogens with one attached hydrogen (secondary N) is 2. The molecule has 2 aromatic heterocycles. The van der Waals surface area contributed by atoms with E-state index in [-0.39, 0.29) is 18.4 Å². The highest BCUT2D eigenvalue weighted by atomic mass is 35.5. The highest BCUT2D eigenvalue weighted by Gasteiger charge is 2.11. The SMILES string of the molecule is Cn1c(CCNC(=O)c2cccs2)nc2cc(NC(=O)COc3ccc(Cl)cc3)ccc21. The second kappa shape index (κ2) is 9.84. The minimum Gasteiger partial charge on any atom is -0.484 e. The number of rotatable bonds is 8. The number of thiophene rings is 1. The zero-order valence-corrected chi connectivity index (χ0v) is 18.9. The van der Waals surface area contributed by atoms with Crippen LogP contribution in [-0.2, 0) is 18.3 Å². The van der Waals surface area contributed by atoms with Crippen LogP contribution >= 0.6 is 22.9 Å². The fraction of sp³-hybridized carbons (Fsp3) is 0.174. The van der Waals surface area contributed by atoms with Gasteiger partial charge in [0.05, 0.1) is 15.9 Å². The van der Waals surface area contributed by atoms with E-state index in [9.17, 15) is 9.59 Å². The van der Waals surface area contributed by atoms with Crippen molar-refractivity contribution in [2.24, 2.45) is 7.05 Å². The Morgan fingerprint density at radius 1 is 1.16 bits per heavy atom. The molecule has 2 aromatic carbocycles. The first-order valence-corrected chi connectivity index (χ1v) is 11.2. The number of amides is 2. The summed E-state index contributed by atoms with van der Waals surface area (Å²) in [5, 5.41) is 8.22. The van der Waals surface area contributed by atoms with Crippen molar-refractivity contribution in [3.8, 4) is 5.75 Å². The number of imidazole rings is 1. The zero-order valence-electron chi connectivity index (χ0n) is 17.3. The predicted octanol–water partition coefficient (Wildman–Crippen LogP) is 4.28. The van der Waals surface area contributed by atoms with Gasteiger partial charge in [-0.05, 0) is 53.9 Å². The van der Waals surface area contributed by atoms with E-state index < -0.39 is 0 Å². The van der Waals surface area contributed by atoms with Crippen LogP contribution in [0.15, 0.2) is 60.0 Å². The smallest absolute Gasteiger partial charge is 0.262 e. The summed E-state index contributed by atoms with van der Waals surface area (Å²) in [5.74, 6) is 1.07. The van der Waals surface area contributed by atoms with E-state index in [4.69, 9.17) is 16.3 Å². The number of anilines is 1. The number of nitrogens with zero attached hydrogens (tertiary/aromatic N) is 2. The van der Waals surface area contributed by atoms with Gasteiger partial charge in [-0.2, -0.15) is 0 Å². The van der Waals surface area contributed by atoms with E-state index in [0.29, 0.717) is 34.3 Å². The number of carbonyl (C=O) groups is 2. The van der Waals surface area contributed by atoms with Gasteiger partial charge in [-0.25, -0.2) is 4.98 Å². The number of ether oxygens (including phenoxy) is 1. The molecule has 7 nitrogen and oxygen atoms in total. The lowest BCUT2D eigenvalue weighted by atomic mass is 10.2. The molecule has 9 heteroatoms. The van der Waals surface area contributed by atoms with Crippen LogP contribution < -0.4 is 15.4 Å². The van der Waals surface area contributed by atoms with E-state index in [1.807, 2.05) is 41.3 Å². The first-order chi connectivity index (χ1) is 15.5. The normalized spacial score (nSPS) is 10.8. The number of benzene rings is 2. The number of hydrogen-bond donors (Lipinski definition) is 2. The number of fused-ring (bicyclic) bond motifs is 1. The Morgan fingerprint density at radius 2 is 1.97 bits per heavy atom. The molecule has 0 bridgehead atoms. The van der Waals surface area contributed by atoms with Gasteiger partial charge in [-0.3, -0.25) is 9.59 Å². The number of hydrogen-bond acceptors (Lipinski definition) is 5. The van der Waals surface area contributed by atoms with Gasteiger partial charge in [0, 0.05) is 30.7 Å². The average molecular weight is 469 g/mol. The van der Waals surface area contributed by atoms with Crippen molar-refractivity contribution in [1.82, 2.24) is 14.9 Å². The van der Waals surface area contributed by atoms with Gasteiger partial charge < -0.3 is 19.9 Å². The standard InChI is InChI=1S/C23H21ClN4O3S/c1-28-19-9-6-16(26-22(29)14-31-17-7-4-15(24)5-8-17)13-18(19)27-21(28)10-11-25-23(30)20-3-2-12-32-20/h2-9,12-13H,10-11,14H2,1H3,(H,25,30)(H,26,29). The Kier molecular flexibility index (Phi) is 6.72. The quantitative estimate of drug-likeness (QED) is 0.404. The summed E-state index contributed by atoms with van der Waals surface area (Å²) in [6.45, 7) is 0.372. The number of aryl methyl sites for hydroxylation is 1. The lowest BCUT2D eigenvalue weighted by Crippen LogP contribution is -2.25. The van der Waals surface area contributed by atoms with Crippen molar-refractivity contribution < 1.29 is 14.3 Å². The maximum Gasteiger partial charge on any atom is 0.262 e. The average Bonchev–Trinajstić information content (AvgIpc) is 3.42. The van der Waals surface area contributed by atoms with Crippen LogP contribution in [-0.4, -0.2) is 34.5 Å². The van der Waals surface area contributed by atoms with Crippen molar-refractivity contribution in [2.45, 2.75) is 6.42 Å². The Balaban J connectivity index is 1.34. The maximum absolute atomic E-state index is 12.2. The van der Waals surface area contributed by atoms with Crippen molar-refractivity contribution in [3.63, 3.8) is 0 Å². The Labute approximate surface area is 194 Å². The van der Waals surface area contributed by atoms with Crippen LogP contribution in [0.1, 0.15) is 15.5 Å². The summed E-state index contributed by atoms with van der Waals surface area (Å²) in [4.78, 5) is 29.7. The Hall–Kier alpha value is -3.36. The molecule has 2 N–H and O–H groups in total. The van der Waals surface area contributed by atoms with Gasteiger partial charge in [0.25, 0.3) is 11.8 Å². The number of aromatic nitrogens is 2. The highest BCUT2D eigenvalue weighted by molar-refractivity contribution is 7.12. The first-order valence-electron chi connectivity index (χ1n) is 9.95. The van der Waals surface area contributed by atoms with Gasteiger partial charge in [0.1, 0.15) is 11.6 Å². The van der Waals surface area contributed by atoms with E-state index in [1.165, 1.54) is 11.3 Å². The van der Waals surface area contributed by atoms with E-state index in [2.05, 4.69) is 15.6 Å². The Bertz CT molecular complexity index is 1240. The molecule has 0 spiro atoms. The minimum atomic E-state index is -0.272. The fourth-order valence-electron chi connectivity index (χ4n) is 3.21. The fourth-order valence-corrected chi connectivity index (χ4v) is 3.98. The molecule has 0 aliphatic rings. The van der Waals surface area contributed by atoms with Gasteiger partial charge >= 0.3 is 0 Å². The summed E-state index contributed by atoms with van der Waals surface area (Å²) in [6.07, 6.45) is 0.596. The van der Waals surface area contributed by atoms with Crippen LogP contribution in [0.4, 0.5) is 5.69 Å². The molecular formula is C23H21ClN4O3S. The lowest BCUT2D eigenvalue weighted by molar-refractivity contribution is -0.118. The summed E-state index contributed by atoms with van der Waals surface area (Å²) in [7, 11) is 1.93. The molecule has 0 aliphatic carbocycles. The van der Waals surface area contributed by atoms with Gasteiger partial charge in [0.2, 0.25) is 0 Å². The largest absolute Gasteiger partial charge is 0.484 e. The molecule has 164 valence electrons. The van der Waals surface area contributed by atoms with Gasteiger partial charge in [-0.15, -0.1) is 11.3 Å². The molecular weight excluding hydrogens is 448 g/mol. The minimum absolute atomic E-state index is 0.0791. The number of halogens is 1. The molecule has 2 heterocycles. The predicted molar refractivity (Wildman–Crippen MR) is 127 cm³/mol. The third-order valence-electron chi connectivity index (χ3n) is 4.82. The summed E-state index contributed by atoms with van der Waals surface area (Å²) >= 11 is 7.26. The third kappa shape index (κ3) is 5.27. The summed E-state index contributed by atoms with van der Waals surface area (Å²) in [5.41, 5.74) is 2.35. The van der Waals surface area contributed by atoms with Crippen LogP contribution in [0.5, 0.6) is 5.75 Å². The molecule has 0 unspecified atom stereocenters. The van der Waals surface area contributed by atoms with Gasteiger partial charge in [0.15, 0.2) is 6.61 Å². The molecule has 2 amide bonds. The van der Waals surface area contributed by atoms with Crippen molar-refractivity contribution in [2.75, 3.05) is 18.5 Å². The van der Waals surface area contributed by atoms with E-state index >= 15 is 0 Å². The molecule has 0 atom stereocenters. The molecule has 0 aliphatic heterocycles. The molecule has 0 radical (unpaired) electrons. The van der Waals surface area contributed by atoms with Crippen LogP contribution in [0, 0.1) is 0 Å². The van der Waals surface area contributed by atoms with Crippen molar-refractivity contribution >= 4 is 51.5 Å². The molecule has 0 saturated carbocycles. The van der Waals surface area contributed by atoms with Crippen LogP contribution in [0.2, 0.25) is 5.02 Å². The maximum atomic E-state index is 12.2. The monoisotopic (exact) mass is 468 g/mol. The van der Waals surface area contributed by atoms with E-state index in [1.54, 1.807) is 30.3 Å². The van der Waals surface area contributed by atoms with Crippen LogP contribution in [0.25, 0.3) is 11.0 Å². The number of carbonyl (C=O) groups excluding carboxylic acids is 2. The van der Waals surface area contributed by atoms with Crippen molar-refractivity contribution in [3.05, 3.63) is 75.7 Å². The summed E-state index contributed by atoms with van der Waals surface area (Å²) in [6, 6.07) is 16.0.